The van der Waals surface area contributed by atoms with Gasteiger partial charge in [0.05, 0.1) is 5.56 Å². The van der Waals surface area contributed by atoms with Gasteiger partial charge in [-0.1, -0.05) is 6.42 Å². The molecule has 2 aliphatic rings. The van der Waals surface area contributed by atoms with Crippen LogP contribution in [0.15, 0.2) is 18.2 Å². The van der Waals surface area contributed by atoms with Crippen molar-refractivity contribution < 1.29 is 18.4 Å². The Morgan fingerprint density at radius 2 is 1.65 bits per heavy atom. The van der Waals surface area contributed by atoms with Gasteiger partial charge in [-0.2, -0.15) is 0 Å². The van der Waals surface area contributed by atoms with Crippen LogP contribution in [0.2, 0.25) is 0 Å². The predicted octanol–water partition coefficient (Wildman–Crippen LogP) is 2.44. The van der Waals surface area contributed by atoms with Gasteiger partial charge < -0.3 is 9.80 Å². The first-order valence-corrected chi connectivity index (χ1v) is 8.09. The van der Waals surface area contributed by atoms with E-state index in [1.54, 1.807) is 4.90 Å². The van der Waals surface area contributed by atoms with Crippen LogP contribution in [-0.2, 0) is 4.79 Å². The minimum Gasteiger partial charge on any atom is -0.341 e. The molecule has 2 fully saturated rings. The summed E-state index contributed by atoms with van der Waals surface area (Å²) < 4.78 is 26.7. The lowest BCUT2D eigenvalue weighted by atomic mass is 9.84. The molecule has 0 atom stereocenters. The zero-order valence-corrected chi connectivity index (χ0v) is 12.9. The van der Waals surface area contributed by atoms with E-state index in [0.717, 1.165) is 31.4 Å². The van der Waals surface area contributed by atoms with Crippen LogP contribution in [-0.4, -0.2) is 47.8 Å². The summed E-state index contributed by atoms with van der Waals surface area (Å²) >= 11 is 0. The molecule has 0 aromatic heterocycles. The Kier molecular flexibility index (Phi) is 4.59. The second-order valence-electron chi connectivity index (χ2n) is 6.22. The summed E-state index contributed by atoms with van der Waals surface area (Å²) in [7, 11) is 0. The third kappa shape index (κ3) is 3.35. The van der Waals surface area contributed by atoms with E-state index in [-0.39, 0.29) is 17.4 Å². The first-order valence-electron chi connectivity index (χ1n) is 8.09. The molecule has 1 aromatic carbocycles. The summed E-state index contributed by atoms with van der Waals surface area (Å²) in [6.45, 7) is 1.97. The summed E-state index contributed by atoms with van der Waals surface area (Å²) in [5.74, 6) is -1.67. The third-order valence-corrected chi connectivity index (χ3v) is 4.71. The molecule has 0 N–H and O–H groups in total. The van der Waals surface area contributed by atoms with Crippen molar-refractivity contribution in [3.8, 4) is 0 Å². The number of hydrogen-bond acceptors (Lipinski definition) is 2. The standard InChI is InChI=1S/C17H20F2N2O2/c18-13-5-6-14(15(19)11-13)17(23)21-8-2-7-20(9-10-21)16(22)12-3-1-4-12/h5-6,11-12H,1-4,7-10H2. The molecule has 0 unspecified atom stereocenters. The molecule has 1 saturated heterocycles. The van der Waals surface area contributed by atoms with Crippen LogP contribution in [0, 0.1) is 17.6 Å². The van der Waals surface area contributed by atoms with Crippen molar-refractivity contribution in [2.75, 3.05) is 26.2 Å². The quantitative estimate of drug-likeness (QED) is 0.839. The van der Waals surface area contributed by atoms with Crippen LogP contribution in [0.3, 0.4) is 0 Å². The first-order chi connectivity index (χ1) is 11.1. The van der Waals surface area contributed by atoms with Crippen LogP contribution in [0.4, 0.5) is 8.78 Å². The molecule has 1 heterocycles. The van der Waals surface area contributed by atoms with Crippen LogP contribution in [0.5, 0.6) is 0 Å². The average Bonchev–Trinajstić information content (AvgIpc) is 2.70. The Labute approximate surface area is 134 Å². The second-order valence-corrected chi connectivity index (χ2v) is 6.22. The largest absolute Gasteiger partial charge is 0.341 e. The highest BCUT2D eigenvalue weighted by molar-refractivity contribution is 5.94. The van der Waals surface area contributed by atoms with Gasteiger partial charge >= 0.3 is 0 Å². The number of rotatable bonds is 2. The van der Waals surface area contributed by atoms with Gasteiger partial charge in [0.15, 0.2) is 0 Å². The minimum absolute atomic E-state index is 0.120. The van der Waals surface area contributed by atoms with Crippen molar-refractivity contribution in [1.29, 1.82) is 0 Å². The minimum atomic E-state index is -0.846. The molecule has 2 amide bonds. The zero-order chi connectivity index (χ0) is 16.4. The number of hydrogen-bond donors (Lipinski definition) is 0. The Bertz CT molecular complexity index is 617. The predicted molar refractivity (Wildman–Crippen MR) is 80.8 cm³/mol. The Morgan fingerprint density at radius 3 is 2.30 bits per heavy atom. The van der Waals surface area contributed by atoms with Crippen LogP contribution >= 0.6 is 0 Å². The van der Waals surface area contributed by atoms with E-state index in [1.807, 2.05) is 4.90 Å². The third-order valence-electron chi connectivity index (χ3n) is 4.71. The fraction of sp³-hybridized carbons (Fsp3) is 0.529. The molecule has 1 saturated carbocycles. The van der Waals surface area contributed by atoms with Gasteiger partial charge in [0.2, 0.25) is 5.91 Å². The van der Waals surface area contributed by atoms with Crippen LogP contribution < -0.4 is 0 Å². The van der Waals surface area contributed by atoms with E-state index >= 15 is 0 Å². The summed E-state index contributed by atoms with van der Waals surface area (Å²) in [4.78, 5) is 28.1. The molecule has 3 rings (SSSR count). The Balaban J connectivity index is 1.65. The summed E-state index contributed by atoms with van der Waals surface area (Å²) in [5, 5.41) is 0. The molecule has 0 radical (unpaired) electrons. The van der Waals surface area contributed by atoms with E-state index in [4.69, 9.17) is 0 Å². The van der Waals surface area contributed by atoms with Crippen molar-refractivity contribution in [2.24, 2.45) is 5.92 Å². The number of carbonyl (C=O) groups is 2. The highest BCUT2D eigenvalue weighted by Crippen LogP contribution is 2.28. The number of nitrogens with zero attached hydrogens (tertiary/aromatic N) is 2. The summed E-state index contributed by atoms with van der Waals surface area (Å²) in [6, 6.07) is 2.98. The number of halogens is 2. The van der Waals surface area contributed by atoms with Crippen molar-refractivity contribution in [3.05, 3.63) is 35.4 Å². The molecular formula is C17H20F2N2O2. The monoisotopic (exact) mass is 322 g/mol. The summed E-state index contributed by atoms with van der Waals surface area (Å²) in [6.07, 6.45) is 3.70. The SMILES string of the molecule is O=C(c1ccc(F)cc1F)N1CCCN(C(=O)C2CCC2)CC1. The average molecular weight is 322 g/mol. The van der Waals surface area contributed by atoms with Crippen LogP contribution in [0.1, 0.15) is 36.0 Å². The van der Waals surface area contributed by atoms with E-state index in [0.29, 0.717) is 32.6 Å². The van der Waals surface area contributed by atoms with Crippen LogP contribution in [0.25, 0.3) is 0 Å². The van der Waals surface area contributed by atoms with Crippen molar-refractivity contribution >= 4 is 11.8 Å². The molecule has 23 heavy (non-hydrogen) atoms. The van der Waals surface area contributed by atoms with E-state index in [1.165, 1.54) is 6.07 Å². The number of benzene rings is 1. The maximum absolute atomic E-state index is 13.8. The molecule has 1 aromatic rings. The van der Waals surface area contributed by atoms with Gasteiger partial charge in [-0.25, -0.2) is 8.78 Å². The Hall–Kier alpha value is -1.98. The summed E-state index contributed by atoms with van der Waals surface area (Å²) in [5.41, 5.74) is -0.120. The highest BCUT2D eigenvalue weighted by Gasteiger charge is 2.31. The van der Waals surface area contributed by atoms with Gasteiger partial charge in [0.25, 0.3) is 5.91 Å². The van der Waals surface area contributed by atoms with Gasteiger partial charge in [-0.3, -0.25) is 9.59 Å². The normalized spacial score (nSPS) is 19.2. The number of amides is 2. The van der Waals surface area contributed by atoms with E-state index < -0.39 is 17.5 Å². The smallest absolute Gasteiger partial charge is 0.256 e. The van der Waals surface area contributed by atoms with Gasteiger partial charge in [-0.15, -0.1) is 0 Å². The fourth-order valence-electron chi connectivity index (χ4n) is 3.09. The fourth-order valence-corrected chi connectivity index (χ4v) is 3.09. The van der Waals surface area contributed by atoms with Crippen molar-refractivity contribution in [3.63, 3.8) is 0 Å². The molecule has 1 aliphatic heterocycles. The maximum Gasteiger partial charge on any atom is 0.256 e. The molecule has 1 aliphatic carbocycles. The number of carbonyl (C=O) groups excluding carboxylic acids is 2. The lowest BCUT2D eigenvalue weighted by Gasteiger charge is -2.31. The maximum atomic E-state index is 13.8. The molecule has 0 bridgehead atoms. The lowest BCUT2D eigenvalue weighted by Crippen LogP contribution is -2.41. The van der Waals surface area contributed by atoms with E-state index in [9.17, 15) is 18.4 Å². The second kappa shape index (κ2) is 6.64. The van der Waals surface area contributed by atoms with Gasteiger partial charge in [0, 0.05) is 38.2 Å². The van der Waals surface area contributed by atoms with E-state index in [2.05, 4.69) is 0 Å². The zero-order valence-electron chi connectivity index (χ0n) is 12.9. The lowest BCUT2D eigenvalue weighted by molar-refractivity contribution is -0.138. The molecule has 124 valence electrons. The van der Waals surface area contributed by atoms with Gasteiger partial charge in [-0.05, 0) is 31.4 Å². The van der Waals surface area contributed by atoms with Gasteiger partial charge in [0.1, 0.15) is 11.6 Å². The topological polar surface area (TPSA) is 40.6 Å². The van der Waals surface area contributed by atoms with Crippen molar-refractivity contribution in [2.45, 2.75) is 25.7 Å². The molecule has 6 heteroatoms. The molecular weight excluding hydrogens is 302 g/mol. The highest BCUT2D eigenvalue weighted by atomic mass is 19.1. The Morgan fingerprint density at radius 1 is 0.957 bits per heavy atom. The molecule has 4 nitrogen and oxygen atoms in total. The molecule has 0 spiro atoms. The van der Waals surface area contributed by atoms with Crippen molar-refractivity contribution in [1.82, 2.24) is 9.80 Å². The first kappa shape index (κ1) is 15.9.